The van der Waals surface area contributed by atoms with Gasteiger partial charge in [-0.25, -0.2) is 8.78 Å². The lowest BCUT2D eigenvalue weighted by Crippen LogP contribution is -2.29. The lowest BCUT2D eigenvalue weighted by atomic mass is 10.1. The Morgan fingerprint density at radius 2 is 1.65 bits per heavy atom. The summed E-state index contributed by atoms with van der Waals surface area (Å²) in [7, 11) is 0. The zero-order valence-corrected chi connectivity index (χ0v) is 12.7. The molecule has 23 heavy (non-hydrogen) atoms. The number of hydrogen-bond donors (Lipinski definition) is 1. The molecule has 0 aliphatic carbocycles. The van der Waals surface area contributed by atoms with Crippen molar-refractivity contribution in [3.05, 3.63) is 59.7 Å². The van der Waals surface area contributed by atoms with Crippen molar-refractivity contribution in [2.24, 2.45) is 0 Å². The molecular formula is C18H18F2N2O. The first-order valence-electron chi connectivity index (χ1n) is 7.75. The molecule has 1 heterocycles. The normalized spacial score (nSPS) is 14.6. The lowest BCUT2D eigenvalue weighted by molar-refractivity contribution is 0.102. The van der Waals surface area contributed by atoms with Crippen LogP contribution in [0, 0.1) is 11.6 Å². The Kier molecular flexibility index (Phi) is 4.55. The highest BCUT2D eigenvalue weighted by Gasteiger charge is 2.13. The summed E-state index contributed by atoms with van der Waals surface area (Å²) in [6.45, 7) is 2.07. The molecule has 3 rings (SSSR count). The molecule has 0 spiro atoms. The molecule has 1 aliphatic rings. The van der Waals surface area contributed by atoms with Crippen LogP contribution in [0.4, 0.5) is 20.2 Å². The van der Waals surface area contributed by atoms with Crippen molar-refractivity contribution in [3.8, 4) is 0 Å². The van der Waals surface area contributed by atoms with E-state index in [1.807, 2.05) is 12.1 Å². The molecule has 3 nitrogen and oxygen atoms in total. The van der Waals surface area contributed by atoms with Gasteiger partial charge in [0.05, 0.1) is 5.69 Å². The second-order valence-corrected chi connectivity index (χ2v) is 5.67. The molecule has 1 N–H and O–H groups in total. The number of nitrogens with zero attached hydrogens (tertiary/aromatic N) is 1. The van der Waals surface area contributed by atoms with E-state index >= 15 is 0 Å². The highest BCUT2D eigenvalue weighted by molar-refractivity contribution is 6.04. The molecule has 0 bridgehead atoms. The number of halogens is 2. The van der Waals surface area contributed by atoms with Crippen molar-refractivity contribution in [3.63, 3.8) is 0 Å². The molecule has 2 aromatic rings. The minimum absolute atomic E-state index is 0.0310. The first kappa shape index (κ1) is 15.5. The fourth-order valence-electron chi connectivity index (χ4n) is 2.76. The molecule has 0 atom stereocenters. The Morgan fingerprint density at radius 3 is 2.30 bits per heavy atom. The van der Waals surface area contributed by atoms with Gasteiger partial charge in [-0.15, -0.1) is 0 Å². The third-order valence-corrected chi connectivity index (χ3v) is 4.03. The Labute approximate surface area is 133 Å². The predicted molar refractivity (Wildman–Crippen MR) is 86.8 cm³/mol. The minimum atomic E-state index is -0.789. The van der Waals surface area contributed by atoms with Crippen LogP contribution in [-0.2, 0) is 0 Å². The standard InChI is InChI=1S/C18H18F2N2O/c19-14-6-9-17(16(20)12-14)21-18(23)13-4-7-15(8-5-13)22-10-2-1-3-11-22/h4-9,12H,1-3,10-11H2,(H,21,23). The van der Waals surface area contributed by atoms with Crippen LogP contribution in [0.1, 0.15) is 29.6 Å². The van der Waals surface area contributed by atoms with Gasteiger partial charge in [0.2, 0.25) is 0 Å². The Balaban J connectivity index is 1.69. The number of hydrogen-bond acceptors (Lipinski definition) is 2. The second kappa shape index (κ2) is 6.77. The largest absolute Gasteiger partial charge is 0.372 e. The number of nitrogens with one attached hydrogen (secondary N) is 1. The molecule has 120 valence electrons. The molecule has 0 saturated carbocycles. The van der Waals surface area contributed by atoms with E-state index in [1.54, 1.807) is 12.1 Å². The number of rotatable bonds is 3. The average molecular weight is 316 g/mol. The van der Waals surface area contributed by atoms with Crippen molar-refractivity contribution in [2.45, 2.75) is 19.3 Å². The van der Waals surface area contributed by atoms with Crippen LogP contribution in [0.2, 0.25) is 0 Å². The molecule has 0 unspecified atom stereocenters. The van der Waals surface area contributed by atoms with Crippen LogP contribution >= 0.6 is 0 Å². The van der Waals surface area contributed by atoms with E-state index in [0.29, 0.717) is 5.56 Å². The maximum absolute atomic E-state index is 13.6. The van der Waals surface area contributed by atoms with Gasteiger partial charge in [-0.05, 0) is 55.7 Å². The van der Waals surface area contributed by atoms with Crippen LogP contribution in [0.25, 0.3) is 0 Å². The van der Waals surface area contributed by atoms with E-state index in [0.717, 1.165) is 30.9 Å². The maximum atomic E-state index is 13.6. The molecule has 0 radical (unpaired) electrons. The molecule has 1 amide bonds. The van der Waals surface area contributed by atoms with E-state index in [4.69, 9.17) is 0 Å². The van der Waals surface area contributed by atoms with Gasteiger partial charge in [0.15, 0.2) is 0 Å². The van der Waals surface area contributed by atoms with Gasteiger partial charge in [-0.1, -0.05) is 0 Å². The molecule has 1 aliphatic heterocycles. The quantitative estimate of drug-likeness (QED) is 0.920. The summed E-state index contributed by atoms with van der Waals surface area (Å²) >= 11 is 0. The van der Waals surface area contributed by atoms with E-state index in [1.165, 1.54) is 25.3 Å². The fraction of sp³-hybridized carbons (Fsp3) is 0.278. The van der Waals surface area contributed by atoms with Gasteiger partial charge in [-0.2, -0.15) is 0 Å². The third-order valence-electron chi connectivity index (χ3n) is 4.03. The van der Waals surface area contributed by atoms with Gasteiger partial charge >= 0.3 is 0 Å². The highest BCUT2D eigenvalue weighted by Crippen LogP contribution is 2.21. The van der Waals surface area contributed by atoms with Crippen LogP contribution in [0.5, 0.6) is 0 Å². The summed E-state index contributed by atoms with van der Waals surface area (Å²) in [4.78, 5) is 14.5. The maximum Gasteiger partial charge on any atom is 0.255 e. The Hall–Kier alpha value is -2.43. The smallest absolute Gasteiger partial charge is 0.255 e. The third kappa shape index (κ3) is 3.67. The van der Waals surface area contributed by atoms with Gasteiger partial charge in [0.25, 0.3) is 5.91 Å². The van der Waals surface area contributed by atoms with E-state index < -0.39 is 17.5 Å². The topological polar surface area (TPSA) is 32.3 Å². The van der Waals surface area contributed by atoms with Crippen molar-refractivity contribution >= 4 is 17.3 Å². The first-order valence-corrected chi connectivity index (χ1v) is 7.75. The summed E-state index contributed by atoms with van der Waals surface area (Å²) < 4.78 is 26.4. The van der Waals surface area contributed by atoms with Gasteiger partial charge in [-0.3, -0.25) is 4.79 Å². The number of carbonyl (C=O) groups excluding carboxylic acids is 1. The SMILES string of the molecule is O=C(Nc1ccc(F)cc1F)c1ccc(N2CCCCC2)cc1. The van der Waals surface area contributed by atoms with Gasteiger partial charge in [0.1, 0.15) is 11.6 Å². The summed E-state index contributed by atoms with van der Waals surface area (Å²) in [6, 6.07) is 10.3. The predicted octanol–water partition coefficient (Wildman–Crippen LogP) is 4.21. The Bertz CT molecular complexity index is 695. The first-order chi connectivity index (χ1) is 11.1. The average Bonchev–Trinajstić information content (AvgIpc) is 2.58. The van der Waals surface area contributed by atoms with Crippen molar-refractivity contribution in [1.82, 2.24) is 0 Å². The van der Waals surface area contributed by atoms with E-state index in [9.17, 15) is 13.6 Å². The fourth-order valence-corrected chi connectivity index (χ4v) is 2.76. The number of piperidine rings is 1. The molecule has 5 heteroatoms. The highest BCUT2D eigenvalue weighted by atomic mass is 19.1. The zero-order chi connectivity index (χ0) is 16.2. The van der Waals surface area contributed by atoms with Crippen molar-refractivity contribution in [2.75, 3.05) is 23.3 Å². The molecular weight excluding hydrogens is 298 g/mol. The molecule has 0 aromatic heterocycles. The minimum Gasteiger partial charge on any atom is -0.372 e. The van der Waals surface area contributed by atoms with E-state index in [-0.39, 0.29) is 5.69 Å². The van der Waals surface area contributed by atoms with Crippen molar-refractivity contribution in [1.29, 1.82) is 0 Å². The summed E-state index contributed by atoms with van der Waals surface area (Å²) in [5.74, 6) is -1.88. The van der Waals surface area contributed by atoms with Gasteiger partial charge in [0, 0.05) is 30.4 Å². The monoisotopic (exact) mass is 316 g/mol. The lowest BCUT2D eigenvalue weighted by Gasteiger charge is -2.28. The second-order valence-electron chi connectivity index (χ2n) is 5.67. The van der Waals surface area contributed by atoms with Crippen LogP contribution in [0.15, 0.2) is 42.5 Å². The van der Waals surface area contributed by atoms with Gasteiger partial charge < -0.3 is 10.2 Å². The number of anilines is 2. The van der Waals surface area contributed by atoms with Crippen LogP contribution in [0.3, 0.4) is 0 Å². The number of carbonyl (C=O) groups is 1. The molecule has 1 saturated heterocycles. The van der Waals surface area contributed by atoms with Crippen LogP contribution < -0.4 is 10.2 Å². The van der Waals surface area contributed by atoms with Crippen molar-refractivity contribution < 1.29 is 13.6 Å². The molecule has 2 aromatic carbocycles. The van der Waals surface area contributed by atoms with E-state index in [2.05, 4.69) is 10.2 Å². The Morgan fingerprint density at radius 1 is 0.957 bits per heavy atom. The summed E-state index contributed by atoms with van der Waals surface area (Å²) in [5, 5.41) is 2.46. The zero-order valence-electron chi connectivity index (χ0n) is 12.7. The number of benzene rings is 2. The molecule has 1 fully saturated rings. The number of amides is 1. The van der Waals surface area contributed by atoms with Crippen LogP contribution in [-0.4, -0.2) is 19.0 Å². The summed E-state index contributed by atoms with van der Waals surface area (Å²) in [5.41, 5.74) is 1.50. The summed E-state index contributed by atoms with van der Waals surface area (Å²) in [6.07, 6.45) is 3.64.